The molecule has 0 bridgehead atoms. The zero-order valence-electron chi connectivity index (χ0n) is 15.0. The van der Waals surface area contributed by atoms with Gasteiger partial charge >= 0.3 is 0 Å². The van der Waals surface area contributed by atoms with Crippen LogP contribution in [0.1, 0.15) is 12.5 Å². The van der Waals surface area contributed by atoms with Crippen LogP contribution >= 0.6 is 23.1 Å². The number of amides is 1. The Labute approximate surface area is 170 Å². The van der Waals surface area contributed by atoms with Gasteiger partial charge in [0, 0.05) is 23.1 Å². The molecule has 0 spiro atoms. The maximum atomic E-state index is 13.9. The summed E-state index contributed by atoms with van der Waals surface area (Å²) in [5, 5.41) is 3.09. The summed E-state index contributed by atoms with van der Waals surface area (Å²) < 4.78 is 13.9. The minimum atomic E-state index is -0.357. The van der Waals surface area contributed by atoms with Crippen LogP contribution in [-0.2, 0) is 4.79 Å². The van der Waals surface area contributed by atoms with Crippen molar-refractivity contribution in [2.45, 2.75) is 6.92 Å². The average molecular weight is 410 g/mol. The summed E-state index contributed by atoms with van der Waals surface area (Å²) >= 11 is 2.67. The Morgan fingerprint density at radius 3 is 2.64 bits per heavy atom. The lowest BCUT2D eigenvalue weighted by molar-refractivity contribution is -0.122. The lowest BCUT2D eigenvalue weighted by Gasteiger charge is -2.11. The molecule has 140 valence electrons. The highest BCUT2D eigenvalue weighted by Crippen LogP contribution is 2.35. The SMILES string of the molecule is CCN1C(=O)/C(=C/c2ccccc2F)S/C1=N/c1nc(-c2ccccc2)cs1. The van der Waals surface area contributed by atoms with Crippen LogP contribution in [0.4, 0.5) is 9.52 Å². The van der Waals surface area contributed by atoms with Crippen LogP contribution in [0.5, 0.6) is 0 Å². The number of benzene rings is 2. The minimum Gasteiger partial charge on any atom is -0.287 e. The van der Waals surface area contributed by atoms with Crippen LogP contribution in [0, 0.1) is 5.82 Å². The number of carbonyl (C=O) groups excluding carboxylic acids is 1. The average Bonchev–Trinajstić information content (AvgIpc) is 3.29. The first-order valence-electron chi connectivity index (χ1n) is 8.71. The molecule has 3 aromatic rings. The predicted octanol–water partition coefficient (Wildman–Crippen LogP) is 5.57. The molecule has 1 aliphatic heterocycles. The molecular formula is C21H16FN3OS2. The van der Waals surface area contributed by atoms with E-state index in [1.54, 1.807) is 29.2 Å². The second-order valence-electron chi connectivity index (χ2n) is 5.96. The van der Waals surface area contributed by atoms with Gasteiger partial charge in [0.05, 0.1) is 10.6 Å². The third kappa shape index (κ3) is 3.76. The van der Waals surface area contributed by atoms with Gasteiger partial charge in [-0.3, -0.25) is 9.69 Å². The molecular weight excluding hydrogens is 393 g/mol. The van der Waals surface area contributed by atoms with Crippen LogP contribution in [-0.4, -0.2) is 27.5 Å². The quantitative estimate of drug-likeness (QED) is 0.529. The number of halogens is 1. The predicted molar refractivity (Wildman–Crippen MR) is 114 cm³/mol. The van der Waals surface area contributed by atoms with Crippen LogP contribution in [0.15, 0.2) is 69.9 Å². The molecule has 0 atom stereocenters. The van der Waals surface area contributed by atoms with E-state index in [-0.39, 0.29) is 11.7 Å². The first-order valence-corrected chi connectivity index (χ1v) is 10.4. The number of likely N-dealkylation sites (N-methyl/N-ethyl adjacent to an activating group) is 1. The molecule has 1 amide bonds. The standard InChI is InChI=1S/C21H16FN3OS2/c1-2-25-19(26)18(12-15-10-6-7-11-16(15)22)28-21(25)24-20-23-17(13-27-20)14-8-4-3-5-9-14/h3-13H,2H2,1H3/b18-12-,24-21+. The van der Waals surface area contributed by atoms with Gasteiger partial charge in [-0.2, -0.15) is 4.99 Å². The number of hydrogen-bond acceptors (Lipinski definition) is 5. The van der Waals surface area contributed by atoms with Gasteiger partial charge in [-0.25, -0.2) is 9.37 Å². The van der Waals surface area contributed by atoms with Gasteiger partial charge in [-0.1, -0.05) is 48.5 Å². The zero-order valence-corrected chi connectivity index (χ0v) is 16.6. The van der Waals surface area contributed by atoms with Gasteiger partial charge < -0.3 is 0 Å². The van der Waals surface area contributed by atoms with Crippen molar-refractivity contribution in [2.75, 3.05) is 6.54 Å². The molecule has 4 rings (SSSR count). The molecule has 1 fully saturated rings. The Kier molecular flexibility index (Phi) is 5.36. The maximum absolute atomic E-state index is 13.9. The highest BCUT2D eigenvalue weighted by Gasteiger charge is 2.32. The smallest absolute Gasteiger partial charge is 0.266 e. The Balaban J connectivity index is 1.64. The van der Waals surface area contributed by atoms with Crippen LogP contribution < -0.4 is 0 Å². The molecule has 2 heterocycles. The normalized spacial score (nSPS) is 17.1. The van der Waals surface area contributed by atoms with E-state index in [9.17, 15) is 9.18 Å². The van der Waals surface area contributed by atoms with E-state index in [1.807, 2.05) is 42.6 Å². The number of hydrogen-bond donors (Lipinski definition) is 0. The monoisotopic (exact) mass is 409 g/mol. The third-order valence-corrected chi connectivity index (χ3v) is 5.89. The third-order valence-electron chi connectivity index (χ3n) is 4.15. The van der Waals surface area contributed by atoms with E-state index >= 15 is 0 Å². The van der Waals surface area contributed by atoms with Crippen molar-refractivity contribution >= 4 is 45.4 Å². The van der Waals surface area contributed by atoms with Gasteiger partial charge in [-0.05, 0) is 30.8 Å². The lowest BCUT2D eigenvalue weighted by Crippen LogP contribution is -2.28. The first kappa shape index (κ1) is 18.6. The van der Waals surface area contributed by atoms with Crippen LogP contribution in [0.25, 0.3) is 17.3 Å². The van der Waals surface area contributed by atoms with E-state index in [2.05, 4.69) is 9.98 Å². The minimum absolute atomic E-state index is 0.172. The number of aromatic nitrogens is 1. The van der Waals surface area contributed by atoms with Gasteiger partial charge in [0.2, 0.25) is 5.13 Å². The molecule has 7 heteroatoms. The van der Waals surface area contributed by atoms with E-state index in [0.717, 1.165) is 11.3 Å². The lowest BCUT2D eigenvalue weighted by atomic mass is 10.2. The molecule has 0 aliphatic carbocycles. The van der Waals surface area contributed by atoms with E-state index in [0.29, 0.717) is 27.3 Å². The molecule has 0 radical (unpaired) electrons. The fraction of sp³-hybridized carbons (Fsp3) is 0.0952. The topological polar surface area (TPSA) is 45.6 Å². The molecule has 0 saturated carbocycles. The number of nitrogens with zero attached hydrogens (tertiary/aromatic N) is 3. The molecule has 0 N–H and O–H groups in total. The number of carbonyl (C=O) groups is 1. The zero-order chi connectivity index (χ0) is 19.5. The van der Waals surface area contributed by atoms with Gasteiger partial charge in [0.1, 0.15) is 5.82 Å². The van der Waals surface area contributed by atoms with Crippen molar-refractivity contribution in [3.8, 4) is 11.3 Å². The van der Waals surface area contributed by atoms with E-state index < -0.39 is 0 Å². The fourth-order valence-corrected chi connectivity index (χ4v) is 4.53. The Morgan fingerprint density at radius 1 is 1.14 bits per heavy atom. The van der Waals surface area contributed by atoms with Crippen molar-refractivity contribution in [1.29, 1.82) is 0 Å². The Hall–Kier alpha value is -2.77. The van der Waals surface area contributed by atoms with Crippen molar-refractivity contribution in [2.24, 2.45) is 4.99 Å². The molecule has 4 nitrogen and oxygen atoms in total. The molecule has 1 saturated heterocycles. The Morgan fingerprint density at radius 2 is 1.89 bits per heavy atom. The molecule has 1 aliphatic rings. The summed E-state index contributed by atoms with van der Waals surface area (Å²) in [7, 11) is 0. The number of rotatable bonds is 4. The number of amidine groups is 1. The number of thioether (sulfide) groups is 1. The number of aliphatic imine (C=N–C) groups is 1. The van der Waals surface area contributed by atoms with Gasteiger partial charge in [0.25, 0.3) is 5.91 Å². The van der Waals surface area contributed by atoms with E-state index in [1.165, 1.54) is 29.2 Å². The van der Waals surface area contributed by atoms with Crippen molar-refractivity contribution in [3.63, 3.8) is 0 Å². The summed E-state index contributed by atoms with van der Waals surface area (Å²) in [6.07, 6.45) is 1.57. The summed E-state index contributed by atoms with van der Waals surface area (Å²) in [5.41, 5.74) is 2.26. The second-order valence-corrected chi connectivity index (χ2v) is 7.80. The maximum Gasteiger partial charge on any atom is 0.266 e. The molecule has 2 aromatic carbocycles. The van der Waals surface area contributed by atoms with Gasteiger partial charge in [-0.15, -0.1) is 11.3 Å². The van der Waals surface area contributed by atoms with Gasteiger partial charge in [0.15, 0.2) is 5.17 Å². The van der Waals surface area contributed by atoms with E-state index in [4.69, 9.17) is 0 Å². The summed E-state index contributed by atoms with van der Waals surface area (Å²) in [6.45, 7) is 2.37. The summed E-state index contributed by atoms with van der Waals surface area (Å²) in [6, 6.07) is 16.3. The summed E-state index contributed by atoms with van der Waals surface area (Å²) in [4.78, 5) is 23.9. The molecule has 0 unspecified atom stereocenters. The van der Waals surface area contributed by atoms with Crippen LogP contribution in [0.3, 0.4) is 0 Å². The summed E-state index contributed by atoms with van der Waals surface area (Å²) in [5.74, 6) is -0.529. The largest absolute Gasteiger partial charge is 0.287 e. The first-order chi connectivity index (χ1) is 13.7. The Bertz CT molecular complexity index is 1080. The molecule has 28 heavy (non-hydrogen) atoms. The number of thiazole rings is 1. The molecule has 1 aromatic heterocycles. The highest BCUT2D eigenvalue weighted by atomic mass is 32.2. The fourth-order valence-electron chi connectivity index (χ4n) is 2.74. The van der Waals surface area contributed by atoms with Crippen LogP contribution in [0.2, 0.25) is 0 Å². The second kappa shape index (κ2) is 8.08. The highest BCUT2D eigenvalue weighted by molar-refractivity contribution is 8.18. The van der Waals surface area contributed by atoms with Crippen molar-refractivity contribution in [1.82, 2.24) is 9.88 Å². The van der Waals surface area contributed by atoms with Crippen molar-refractivity contribution in [3.05, 3.63) is 76.3 Å². The van der Waals surface area contributed by atoms with Crippen molar-refractivity contribution < 1.29 is 9.18 Å².